The molecular formula is C15H30NO8P. The summed E-state index contributed by atoms with van der Waals surface area (Å²) in [4.78, 5) is 31.2. The van der Waals surface area contributed by atoms with E-state index in [9.17, 15) is 19.0 Å². The van der Waals surface area contributed by atoms with Gasteiger partial charge in [0.25, 0.3) is 0 Å². The molecular weight excluding hydrogens is 353 g/mol. The molecule has 1 unspecified atom stereocenters. The number of carbonyl (C=O) groups excluding carboxylic acids is 1. The summed E-state index contributed by atoms with van der Waals surface area (Å²) in [5.74, 6) is -1.65. The number of esters is 1. The topological polar surface area (TPSA) is 145 Å². The molecule has 0 spiro atoms. The van der Waals surface area contributed by atoms with E-state index in [2.05, 4.69) is 16.0 Å². The molecule has 0 aromatic rings. The van der Waals surface area contributed by atoms with E-state index in [0.717, 1.165) is 19.3 Å². The fourth-order valence-electron chi connectivity index (χ4n) is 1.83. The summed E-state index contributed by atoms with van der Waals surface area (Å²) in [5, 5.41) is 8.53. The molecule has 0 heterocycles. The van der Waals surface area contributed by atoms with Gasteiger partial charge in [-0.3, -0.25) is 18.6 Å². The number of nitrogens with two attached hydrogens (primary N) is 1. The normalized spacial score (nSPS) is 14.7. The molecule has 0 amide bonds. The summed E-state index contributed by atoms with van der Waals surface area (Å²) in [5.41, 5.74) is 5.14. The number of unbranched alkanes of at least 4 members (excludes halogenated alkanes) is 5. The van der Waals surface area contributed by atoms with E-state index >= 15 is 0 Å². The van der Waals surface area contributed by atoms with Crippen LogP contribution < -0.4 is 5.73 Å². The van der Waals surface area contributed by atoms with Crippen molar-refractivity contribution in [2.45, 2.75) is 64.3 Å². The van der Waals surface area contributed by atoms with Crippen LogP contribution in [-0.4, -0.2) is 47.8 Å². The molecule has 0 aromatic carbocycles. The molecule has 0 aliphatic rings. The van der Waals surface area contributed by atoms with Crippen LogP contribution in [0.3, 0.4) is 0 Å². The van der Waals surface area contributed by atoms with Gasteiger partial charge in [0.1, 0.15) is 6.04 Å². The molecule has 4 N–H and O–H groups in total. The lowest BCUT2D eigenvalue weighted by molar-refractivity contribution is -0.144. The quantitative estimate of drug-likeness (QED) is 0.207. The Morgan fingerprint density at radius 3 is 2.32 bits per heavy atom. The second kappa shape index (κ2) is 14.2. The molecule has 0 bridgehead atoms. The molecule has 0 aliphatic heterocycles. The van der Waals surface area contributed by atoms with Crippen molar-refractivity contribution in [2.75, 3.05) is 19.8 Å². The Morgan fingerprint density at radius 2 is 1.68 bits per heavy atom. The highest BCUT2D eigenvalue weighted by molar-refractivity contribution is 7.47. The first-order chi connectivity index (χ1) is 11.8. The first-order valence-electron chi connectivity index (χ1n) is 8.54. The number of carboxylic acids is 1. The number of rotatable bonds is 16. The van der Waals surface area contributed by atoms with Crippen LogP contribution in [0.25, 0.3) is 0 Å². The standard InChI is InChI=1S/C15H30NO8P/c1-2-3-4-5-6-7-9-14(17)22-10-8-11-23-25(20,21)24-12-13(16)15(18)19/h13H,2-12,16H2,1H3,(H,18,19)(H,20,21)/t13-/m0/s1. The van der Waals surface area contributed by atoms with E-state index in [4.69, 9.17) is 15.6 Å². The predicted molar refractivity (Wildman–Crippen MR) is 90.9 cm³/mol. The zero-order valence-electron chi connectivity index (χ0n) is 14.7. The van der Waals surface area contributed by atoms with E-state index < -0.39 is 26.4 Å². The van der Waals surface area contributed by atoms with Crippen molar-refractivity contribution < 1.29 is 37.9 Å². The van der Waals surface area contributed by atoms with Crippen LogP contribution in [-0.2, 0) is 27.9 Å². The molecule has 0 radical (unpaired) electrons. The third-order valence-electron chi connectivity index (χ3n) is 3.28. The van der Waals surface area contributed by atoms with Crippen LogP contribution in [0, 0.1) is 0 Å². The van der Waals surface area contributed by atoms with Gasteiger partial charge in [-0.05, 0) is 6.42 Å². The Labute approximate surface area is 148 Å². The lowest BCUT2D eigenvalue weighted by atomic mass is 10.1. The second-order valence-corrected chi connectivity index (χ2v) is 7.09. The van der Waals surface area contributed by atoms with Gasteiger partial charge in [0.2, 0.25) is 0 Å². The zero-order valence-corrected chi connectivity index (χ0v) is 15.6. The number of carboxylic acid groups (broad SMARTS) is 1. The molecule has 0 aliphatic carbocycles. The largest absolute Gasteiger partial charge is 0.480 e. The average Bonchev–Trinajstić information content (AvgIpc) is 2.55. The van der Waals surface area contributed by atoms with Crippen LogP contribution in [0.1, 0.15) is 58.3 Å². The molecule has 0 fully saturated rings. The van der Waals surface area contributed by atoms with E-state index in [1.807, 2.05) is 0 Å². The van der Waals surface area contributed by atoms with Crippen molar-refractivity contribution in [3.05, 3.63) is 0 Å². The first-order valence-corrected chi connectivity index (χ1v) is 10.0. The van der Waals surface area contributed by atoms with Crippen molar-refractivity contribution in [1.29, 1.82) is 0 Å². The van der Waals surface area contributed by atoms with Gasteiger partial charge in [0.15, 0.2) is 0 Å². The monoisotopic (exact) mass is 383 g/mol. The van der Waals surface area contributed by atoms with Gasteiger partial charge >= 0.3 is 19.8 Å². The molecule has 10 heteroatoms. The van der Waals surface area contributed by atoms with Gasteiger partial charge in [0.05, 0.1) is 19.8 Å². The third-order valence-corrected chi connectivity index (χ3v) is 4.26. The fraction of sp³-hybridized carbons (Fsp3) is 0.867. The van der Waals surface area contributed by atoms with Crippen LogP contribution in [0.4, 0.5) is 0 Å². The van der Waals surface area contributed by atoms with Crippen molar-refractivity contribution in [2.24, 2.45) is 5.73 Å². The van der Waals surface area contributed by atoms with E-state index in [1.165, 1.54) is 19.3 Å². The molecule has 0 rings (SSSR count). The summed E-state index contributed by atoms with van der Waals surface area (Å²) in [6.45, 7) is 1.41. The van der Waals surface area contributed by atoms with Gasteiger partial charge < -0.3 is 20.5 Å². The summed E-state index contributed by atoms with van der Waals surface area (Å²) < 4.78 is 25.5. The van der Waals surface area contributed by atoms with Crippen molar-refractivity contribution in [1.82, 2.24) is 0 Å². The van der Waals surface area contributed by atoms with Crippen molar-refractivity contribution in [3.63, 3.8) is 0 Å². The van der Waals surface area contributed by atoms with E-state index in [-0.39, 0.29) is 25.6 Å². The van der Waals surface area contributed by atoms with Gasteiger partial charge in [-0.2, -0.15) is 0 Å². The van der Waals surface area contributed by atoms with Crippen LogP contribution in [0.2, 0.25) is 0 Å². The maximum absolute atomic E-state index is 11.5. The second-order valence-electron chi connectivity index (χ2n) is 5.63. The van der Waals surface area contributed by atoms with Gasteiger partial charge in [-0.15, -0.1) is 0 Å². The van der Waals surface area contributed by atoms with Crippen molar-refractivity contribution >= 4 is 19.8 Å². The third kappa shape index (κ3) is 15.0. The van der Waals surface area contributed by atoms with Gasteiger partial charge in [0, 0.05) is 12.8 Å². The van der Waals surface area contributed by atoms with Gasteiger partial charge in [-0.1, -0.05) is 39.0 Å². The van der Waals surface area contributed by atoms with Crippen LogP contribution in [0.5, 0.6) is 0 Å². The number of carbonyl (C=O) groups is 2. The molecule has 25 heavy (non-hydrogen) atoms. The number of phosphoric ester groups is 1. The minimum absolute atomic E-state index is 0.0727. The maximum Gasteiger partial charge on any atom is 0.472 e. The Kier molecular flexibility index (Phi) is 13.6. The molecule has 9 nitrogen and oxygen atoms in total. The molecule has 0 aromatic heterocycles. The highest BCUT2D eigenvalue weighted by Gasteiger charge is 2.24. The minimum atomic E-state index is -4.37. The summed E-state index contributed by atoms with van der Waals surface area (Å²) >= 11 is 0. The number of hydrogen-bond donors (Lipinski definition) is 3. The van der Waals surface area contributed by atoms with Crippen LogP contribution >= 0.6 is 7.82 Å². The molecule has 148 valence electrons. The Morgan fingerprint density at radius 1 is 1.04 bits per heavy atom. The highest BCUT2D eigenvalue weighted by Crippen LogP contribution is 2.43. The maximum atomic E-state index is 11.5. The fourth-order valence-corrected chi connectivity index (χ4v) is 2.61. The van der Waals surface area contributed by atoms with Crippen molar-refractivity contribution in [3.8, 4) is 0 Å². The summed E-state index contributed by atoms with van der Waals surface area (Å²) in [6, 6.07) is -1.41. The lowest BCUT2D eigenvalue weighted by Crippen LogP contribution is -2.34. The van der Waals surface area contributed by atoms with Gasteiger partial charge in [-0.25, -0.2) is 4.57 Å². The SMILES string of the molecule is CCCCCCCCC(=O)OCCCOP(=O)(O)OC[C@H](N)C(=O)O. The summed E-state index contributed by atoms with van der Waals surface area (Å²) in [7, 11) is -4.37. The van der Waals surface area contributed by atoms with E-state index in [0.29, 0.717) is 6.42 Å². The lowest BCUT2D eigenvalue weighted by Gasteiger charge is -2.13. The molecule has 0 saturated heterocycles. The average molecular weight is 383 g/mol. The van der Waals surface area contributed by atoms with E-state index in [1.54, 1.807) is 0 Å². The first kappa shape index (κ1) is 24.0. The Hall–Kier alpha value is -0.990. The molecule has 0 saturated carbocycles. The number of aliphatic carboxylic acids is 1. The minimum Gasteiger partial charge on any atom is -0.480 e. The molecule has 2 atom stereocenters. The number of ether oxygens (including phenoxy) is 1. The zero-order chi connectivity index (χ0) is 19.1. The van der Waals surface area contributed by atoms with Crippen LogP contribution in [0.15, 0.2) is 0 Å². The Balaban J connectivity index is 3.62. The smallest absolute Gasteiger partial charge is 0.472 e. The number of phosphoric acid groups is 1. The summed E-state index contributed by atoms with van der Waals surface area (Å²) in [6.07, 6.45) is 7.08. The highest BCUT2D eigenvalue weighted by atomic mass is 31.2. The predicted octanol–water partition coefficient (Wildman–Crippen LogP) is 2.22. The number of hydrogen-bond acceptors (Lipinski definition) is 7. The Bertz CT molecular complexity index is 432.